The molecule has 0 bridgehead atoms. The normalized spacial score (nSPS) is 17.4. The minimum atomic E-state index is -0.958. The highest BCUT2D eigenvalue weighted by molar-refractivity contribution is 5.82. The Morgan fingerprint density at radius 2 is 1.95 bits per heavy atom. The molecule has 0 heterocycles. The van der Waals surface area contributed by atoms with Crippen molar-refractivity contribution in [1.29, 1.82) is 0 Å². The average molecular weight is 284 g/mol. The van der Waals surface area contributed by atoms with Crippen LogP contribution in [0.4, 0.5) is 4.79 Å². The van der Waals surface area contributed by atoms with Gasteiger partial charge in [-0.15, -0.1) is 0 Å². The van der Waals surface area contributed by atoms with E-state index in [9.17, 15) is 9.59 Å². The van der Waals surface area contributed by atoms with E-state index in [4.69, 9.17) is 5.11 Å². The van der Waals surface area contributed by atoms with Crippen LogP contribution in [0.1, 0.15) is 64.7 Å². The van der Waals surface area contributed by atoms with E-state index in [1.165, 1.54) is 32.1 Å². The quantitative estimate of drug-likeness (QED) is 0.641. The van der Waals surface area contributed by atoms with Crippen LogP contribution in [-0.4, -0.2) is 29.7 Å². The van der Waals surface area contributed by atoms with Gasteiger partial charge in [0.05, 0.1) is 0 Å². The maximum Gasteiger partial charge on any atom is 0.326 e. The van der Waals surface area contributed by atoms with Gasteiger partial charge < -0.3 is 15.7 Å². The van der Waals surface area contributed by atoms with Crippen LogP contribution in [0.25, 0.3) is 0 Å². The summed E-state index contributed by atoms with van der Waals surface area (Å²) < 4.78 is 0. The molecule has 0 radical (unpaired) electrons. The molecule has 116 valence electrons. The van der Waals surface area contributed by atoms with Crippen molar-refractivity contribution >= 4 is 12.0 Å². The zero-order valence-corrected chi connectivity index (χ0v) is 12.5. The molecule has 0 aliphatic heterocycles. The van der Waals surface area contributed by atoms with Crippen molar-refractivity contribution in [2.24, 2.45) is 5.92 Å². The summed E-state index contributed by atoms with van der Waals surface area (Å²) in [5, 5.41) is 14.4. The number of carbonyl (C=O) groups excluding carboxylic acids is 1. The average Bonchev–Trinajstić information content (AvgIpc) is 2.44. The van der Waals surface area contributed by atoms with Gasteiger partial charge in [0.15, 0.2) is 0 Å². The van der Waals surface area contributed by atoms with Crippen LogP contribution in [0.3, 0.4) is 0 Å². The van der Waals surface area contributed by atoms with Crippen molar-refractivity contribution < 1.29 is 14.7 Å². The summed E-state index contributed by atoms with van der Waals surface area (Å²) in [5.41, 5.74) is 0. The molecule has 0 saturated heterocycles. The maximum absolute atomic E-state index is 11.7. The number of hydrogen-bond acceptors (Lipinski definition) is 2. The summed E-state index contributed by atoms with van der Waals surface area (Å²) in [6.45, 7) is 2.64. The predicted molar refractivity (Wildman–Crippen MR) is 78.7 cm³/mol. The first-order valence-electron chi connectivity index (χ1n) is 7.90. The Morgan fingerprint density at radius 3 is 2.55 bits per heavy atom. The number of carboxylic acids is 1. The Kier molecular flexibility index (Phi) is 8.07. The Balaban J connectivity index is 2.18. The summed E-state index contributed by atoms with van der Waals surface area (Å²) in [7, 11) is 0. The summed E-state index contributed by atoms with van der Waals surface area (Å²) in [5.74, 6) is -0.236. The smallest absolute Gasteiger partial charge is 0.326 e. The molecule has 2 amide bonds. The predicted octanol–water partition coefficient (Wildman–Crippen LogP) is 2.90. The fraction of sp³-hybridized carbons (Fsp3) is 0.867. The second kappa shape index (κ2) is 9.61. The molecule has 5 heteroatoms. The zero-order valence-electron chi connectivity index (χ0n) is 12.5. The fourth-order valence-corrected chi connectivity index (χ4v) is 2.74. The molecule has 1 unspecified atom stereocenters. The topological polar surface area (TPSA) is 78.4 Å². The van der Waals surface area contributed by atoms with Gasteiger partial charge in [-0.25, -0.2) is 9.59 Å². The lowest BCUT2D eigenvalue weighted by molar-refractivity contribution is -0.139. The first-order valence-corrected chi connectivity index (χ1v) is 7.90. The van der Waals surface area contributed by atoms with Crippen molar-refractivity contribution in [2.75, 3.05) is 6.54 Å². The molecule has 1 saturated carbocycles. The lowest BCUT2D eigenvalue weighted by Crippen LogP contribution is -2.46. The van der Waals surface area contributed by atoms with Gasteiger partial charge in [0.25, 0.3) is 0 Å². The summed E-state index contributed by atoms with van der Waals surface area (Å²) in [4.78, 5) is 22.7. The van der Waals surface area contributed by atoms with E-state index in [0.29, 0.717) is 13.0 Å². The van der Waals surface area contributed by atoms with E-state index in [1.54, 1.807) is 0 Å². The Morgan fingerprint density at radius 1 is 1.25 bits per heavy atom. The molecule has 3 N–H and O–H groups in total. The van der Waals surface area contributed by atoms with E-state index < -0.39 is 12.0 Å². The highest BCUT2D eigenvalue weighted by Gasteiger charge is 2.19. The third-order valence-electron chi connectivity index (χ3n) is 4.01. The second-order valence-corrected chi connectivity index (χ2v) is 5.73. The largest absolute Gasteiger partial charge is 0.480 e. The van der Waals surface area contributed by atoms with Crippen LogP contribution < -0.4 is 10.6 Å². The number of aliphatic carboxylic acids is 1. The van der Waals surface area contributed by atoms with Gasteiger partial charge in [-0.05, 0) is 18.8 Å². The first kappa shape index (κ1) is 16.8. The molecule has 1 fully saturated rings. The van der Waals surface area contributed by atoms with Crippen LogP contribution in [0, 0.1) is 5.92 Å². The van der Waals surface area contributed by atoms with Crippen molar-refractivity contribution in [1.82, 2.24) is 10.6 Å². The van der Waals surface area contributed by atoms with Gasteiger partial charge in [-0.3, -0.25) is 0 Å². The van der Waals surface area contributed by atoms with Gasteiger partial charge >= 0.3 is 12.0 Å². The molecule has 0 spiro atoms. The van der Waals surface area contributed by atoms with Crippen LogP contribution in [0.15, 0.2) is 0 Å². The van der Waals surface area contributed by atoms with Crippen molar-refractivity contribution in [3.05, 3.63) is 0 Å². The molecular formula is C15H28N2O3. The third kappa shape index (κ3) is 6.78. The molecule has 1 rings (SSSR count). The summed E-state index contributed by atoms with van der Waals surface area (Å²) in [6, 6.07) is -1.13. The zero-order chi connectivity index (χ0) is 14.8. The summed E-state index contributed by atoms with van der Waals surface area (Å²) in [6.07, 6.45) is 9.68. The molecule has 20 heavy (non-hydrogen) atoms. The number of amides is 2. The Labute approximate surface area is 121 Å². The highest BCUT2D eigenvalue weighted by Crippen LogP contribution is 2.25. The minimum absolute atomic E-state index is 0.357. The molecule has 5 nitrogen and oxygen atoms in total. The van der Waals surface area contributed by atoms with Crippen LogP contribution in [0.2, 0.25) is 0 Å². The Hall–Kier alpha value is -1.26. The van der Waals surface area contributed by atoms with E-state index in [0.717, 1.165) is 25.2 Å². The standard InChI is InChI=1S/C15H28N2O3/c1-2-3-9-13(14(18)19)17-15(20)16-11-10-12-7-5-4-6-8-12/h12-13H,2-11H2,1H3,(H,18,19)(H2,16,17,20). The highest BCUT2D eigenvalue weighted by atomic mass is 16.4. The molecule has 0 aromatic heterocycles. The Bertz CT molecular complexity index is 301. The number of nitrogens with one attached hydrogen (secondary N) is 2. The lowest BCUT2D eigenvalue weighted by atomic mass is 9.87. The van der Waals surface area contributed by atoms with Crippen molar-refractivity contribution in [3.8, 4) is 0 Å². The number of unbranched alkanes of at least 4 members (excludes halogenated alkanes) is 1. The number of carbonyl (C=O) groups is 2. The molecule has 1 aliphatic carbocycles. The van der Waals surface area contributed by atoms with Gasteiger partial charge in [0.2, 0.25) is 0 Å². The van der Waals surface area contributed by atoms with Gasteiger partial charge in [0, 0.05) is 6.54 Å². The first-order chi connectivity index (χ1) is 9.63. The SMILES string of the molecule is CCCCC(NC(=O)NCCC1CCCCC1)C(=O)O. The van der Waals surface area contributed by atoms with E-state index >= 15 is 0 Å². The molecule has 0 aromatic rings. The molecule has 0 aromatic carbocycles. The molecular weight excluding hydrogens is 256 g/mol. The number of hydrogen-bond donors (Lipinski definition) is 3. The van der Waals surface area contributed by atoms with Gasteiger partial charge in [-0.1, -0.05) is 51.9 Å². The fourth-order valence-electron chi connectivity index (χ4n) is 2.74. The van der Waals surface area contributed by atoms with Crippen LogP contribution in [-0.2, 0) is 4.79 Å². The summed E-state index contributed by atoms with van der Waals surface area (Å²) >= 11 is 0. The monoisotopic (exact) mass is 284 g/mol. The van der Waals surface area contributed by atoms with Gasteiger partial charge in [-0.2, -0.15) is 0 Å². The van der Waals surface area contributed by atoms with Crippen LogP contribution >= 0.6 is 0 Å². The van der Waals surface area contributed by atoms with E-state index in [1.807, 2.05) is 6.92 Å². The van der Waals surface area contributed by atoms with Gasteiger partial charge in [0.1, 0.15) is 6.04 Å². The maximum atomic E-state index is 11.7. The van der Waals surface area contributed by atoms with E-state index in [2.05, 4.69) is 10.6 Å². The van der Waals surface area contributed by atoms with Crippen LogP contribution in [0.5, 0.6) is 0 Å². The van der Waals surface area contributed by atoms with E-state index in [-0.39, 0.29) is 6.03 Å². The molecule has 1 atom stereocenters. The van der Waals surface area contributed by atoms with Crippen molar-refractivity contribution in [2.45, 2.75) is 70.8 Å². The number of carboxylic acid groups (broad SMARTS) is 1. The molecule has 1 aliphatic rings. The second-order valence-electron chi connectivity index (χ2n) is 5.73. The number of rotatable bonds is 8. The lowest BCUT2D eigenvalue weighted by Gasteiger charge is -2.21. The third-order valence-corrected chi connectivity index (χ3v) is 4.01. The minimum Gasteiger partial charge on any atom is -0.480 e. The van der Waals surface area contributed by atoms with Crippen molar-refractivity contribution in [3.63, 3.8) is 0 Å². The number of urea groups is 1.